The summed E-state index contributed by atoms with van der Waals surface area (Å²) in [6.45, 7) is 3.69. The molecule has 4 heteroatoms. The van der Waals surface area contributed by atoms with E-state index < -0.39 is 11.4 Å². The molecule has 4 nitrogen and oxygen atoms in total. The lowest BCUT2D eigenvalue weighted by Gasteiger charge is -2.31. The molecule has 0 aromatic heterocycles. The minimum absolute atomic E-state index is 0.175. The van der Waals surface area contributed by atoms with Crippen LogP contribution in [0.3, 0.4) is 0 Å². The maximum absolute atomic E-state index is 12.6. The van der Waals surface area contributed by atoms with Crippen LogP contribution >= 0.6 is 0 Å². The number of ether oxygens (including phenoxy) is 2. The van der Waals surface area contributed by atoms with E-state index in [9.17, 15) is 9.59 Å². The van der Waals surface area contributed by atoms with E-state index in [2.05, 4.69) is 0 Å². The first-order valence-corrected chi connectivity index (χ1v) is 6.42. The largest absolute Gasteiger partial charge is 0.497 e. The van der Waals surface area contributed by atoms with Crippen LogP contribution in [0.15, 0.2) is 18.2 Å². The molecule has 1 aliphatic carbocycles. The molecule has 0 bridgehead atoms. The van der Waals surface area contributed by atoms with Crippen LogP contribution in [0.25, 0.3) is 0 Å². The lowest BCUT2D eigenvalue weighted by Crippen LogP contribution is -2.41. The second-order valence-electron chi connectivity index (χ2n) is 4.90. The smallest absolute Gasteiger partial charge is 0.319 e. The Kier molecular flexibility index (Phi) is 3.60. The maximum Gasteiger partial charge on any atom is 0.319 e. The summed E-state index contributed by atoms with van der Waals surface area (Å²) in [6.07, 6.45) is 1.18. The lowest BCUT2D eigenvalue weighted by atomic mass is 9.72. The highest BCUT2D eigenvalue weighted by Gasteiger charge is 2.46. The van der Waals surface area contributed by atoms with Gasteiger partial charge in [0.25, 0.3) is 0 Å². The van der Waals surface area contributed by atoms with Gasteiger partial charge in [0.15, 0.2) is 5.78 Å². The summed E-state index contributed by atoms with van der Waals surface area (Å²) >= 11 is 0. The molecule has 0 saturated carbocycles. The van der Waals surface area contributed by atoms with Gasteiger partial charge in [-0.05, 0) is 44.4 Å². The van der Waals surface area contributed by atoms with Crippen molar-refractivity contribution >= 4 is 11.8 Å². The molecule has 0 radical (unpaired) electrons. The first-order valence-electron chi connectivity index (χ1n) is 6.42. The summed E-state index contributed by atoms with van der Waals surface area (Å²) in [5.41, 5.74) is 0.462. The van der Waals surface area contributed by atoms with E-state index in [0.29, 0.717) is 24.2 Å². The Morgan fingerprint density at radius 2 is 2.16 bits per heavy atom. The molecule has 0 amide bonds. The van der Waals surface area contributed by atoms with Gasteiger partial charge >= 0.3 is 5.97 Å². The number of carbonyl (C=O) groups excluding carboxylic acids is 2. The zero-order valence-electron chi connectivity index (χ0n) is 11.5. The summed E-state index contributed by atoms with van der Waals surface area (Å²) < 4.78 is 10.2. The predicted molar refractivity (Wildman–Crippen MR) is 70.4 cm³/mol. The number of methoxy groups -OCH3 is 1. The minimum atomic E-state index is -1.07. The molecule has 1 aromatic carbocycles. The van der Waals surface area contributed by atoms with Crippen molar-refractivity contribution < 1.29 is 19.1 Å². The third-order valence-electron chi connectivity index (χ3n) is 3.68. The van der Waals surface area contributed by atoms with Crippen molar-refractivity contribution in [2.45, 2.75) is 26.7 Å². The van der Waals surface area contributed by atoms with E-state index in [0.717, 1.165) is 5.56 Å². The fraction of sp³-hybridized carbons (Fsp3) is 0.467. The van der Waals surface area contributed by atoms with Crippen LogP contribution in [0.1, 0.15) is 36.2 Å². The SMILES string of the molecule is CCOC(=O)C1(C)CCc2ccc(OC)cc2C1=O. The van der Waals surface area contributed by atoms with Crippen molar-refractivity contribution in [1.29, 1.82) is 0 Å². The molecule has 19 heavy (non-hydrogen) atoms. The van der Waals surface area contributed by atoms with Crippen molar-refractivity contribution in [2.24, 2.45) is 5.41 Å². The van der Waals surface area contributed by atoms with Crippen molar-refractivity contribution in [3.8, 4) is 5.75 Å². The Morgan fingerprint density at radius 1 is 1.42 bits per heavy atom. The van der Waals surface area contributed by atoms with Gasteiger partial charge in [0.2, 0.25) is 0 Å². The molecular formula is C15H18O4. The molecule has 0 saturated heterocycles. The molecule has 1 atom stereocenters. The normalized spacial score (nSPS) is 21.7. The summed E-state index contributed by atoms with van der Waals surface area (Å²) in [6, 6.07) is 5.42. The van der Waals surface area contributed by atoms with Gasteiger partial charge in [-0.15, -0.1) is 0 Å². The zero-order valence-corrected chi connectivity index (χ0v) is 11.5. The highest BCUT2D eigenvalue weighted by Crippen LogP contribution is 2.37. The van der Waals surface area contributed by atoms with Gasteiger partial charge in [-0.25, -0.2) is 0 Å². The monoisotopic (exact) mass is 262 g/mol. The second-order valence-corrected chi connectivity index (χ2v) is 4.90. The molecule has 0 N–H and O–H groups in total. The highest BCUT2D eigenvalue weighted by molar-refractivity contribution is 6.13. The molecule has 0 aliphatic heterocycles. The Morgan fingerprint density at radius 3 is 2.79 bits per heavy atom. The Hall–Kier alpha value is -1.84. The molecule has 0 fully saturated rings. The fourth-order valence-corrected chi connectivity index (χ4v) is 2.39. The lowest BCUT2D eigenvalue weighted by molar-refractivity contribution is -0.151. The van der Waals surface area contributed by atoms with Crippen molar-refractivity contribution in [1.82, 2.24) is 0 Å². The van der Waals surface area contributed by atoms with Gasteiger partial charge in [-0.1, -0.05) is 6.07 Å². The molecule has 1 unspecified atom stereocenters. The third-order valence-corrected chi connectivity index (χ3v) is 3.68. The number of benzene rings is 1. The number of fused-ring (bicyclic) bond motifs is 1. The van der Waals surface area contributed by atoms with E-state index in [1.165, 1.54) is 0 Å². The van der Waals surface area contributed by atoms with Crippen LogP contribution in [0.5, 0.6) is 5.75 Å². The number of rotatable bonds is 3. The standard InChI is InChI=1S/C15H18O4/c1-4-19-14(17)15(2)8-7-10-5-6-11(18-3)9-12(10)13(15)16/h5-6,9H,4,7-8H2,1-3H3. The summed E-state index contributed by atoms with van der Waals surface area (Å²) in [4.78, 5) is 24.6. The van der Waals surface area contributed by atoms with Crippen molar-refractivity contribution in [3.05, 3.63) is 29.3 Å². The number of hydrogen-bond acceptors (Lipinski definition) is 4. The van der Waals surface area contributed by atoms with Crippen LogP contribution in [-0.2, 0) is 16.0 Å². The van der Waals surface area contributed by atoms with E-state index >= 15 is 0 Å². The number of ketones is 1. The minimum Gasteiger partial charge on any atom is -0.497 e. The summed E-state index contributed by atoms with van der Waals surface area (Å²) in [5.74, 6) is 0.0137. The number of aryl methyl sites for hydroxylation is 1. The third kappa shape index (κ3) is 2.23. The van der Waals surface area contributed by atoms with Gasteiger partial charge in [0.05, 0.1) is 13.7 Å². The van der Waals surface area contributed by atoms with Crippen LogP contribution < -0.4 is 4.74 Å². The molecule has 0 heterocycles. The van der Waals surface area contributed by atoms with Crippen molar-refractivity contribution in [2.75, 3.05) is 13.7 Å². The number of esters is 1. The average molecular weight is 262 g/mol. The Labute approximate surface area is 112 Å². The number of hydrogen-bond donors (Lipinski definition) is 0. The van der Waals surface area contributed by atoms with Gasteiger partial charge in [-0.2, -0.15) is 0 Å². The van der Waals surface area contributed by atoms with E-state index in [1.807, 2.05) is 12.1 Å². The van der Waals surface area contributed by atoms with Crippen LogP contribution in [-0.4, -0.2) is 25.5 Å². The zero-order chi connectivity index (χ0) is 14.0. The molecular weight excluding hydrogens is 244 g/mol. The van der Waals surface area contributed by atoms with Gasteiger partial charge < -0.3 is 9.47 Å². The van der Waals surface area contributed by atoms with Crippen LogP contribution in [0.4, 0.5) is 0 Å². The predicted octanol–water partition coefficient (Wildman–Crippen LogP) is 2.39. The summed E-state index contributed by atoms with van der Waals surface area (Å²) in [5, 5.41) is 0. The molecule has 102 valence electrons. The van der Waals surface area contributed by atoms with Gasteiger partial charge in [0, 0.05) is 5.56 Å². The number of Topliss-reactive ketones (excluding diaryl/α,β-unsaturated/α-hetero) is 1. The van der Waals surface area contributed by atoms with Crippen LogP contribution in [0.2, 0.25) is 0 Å². The summed E-state index contributed by atoms with van der Waals surface area (Å²) in [7, 11) is 1.56. The molecule has 0 spiro atoms. The Balaban J connectivity index is 2.40. The first-order chi connectivity index (χ1) is 9.02. The van der Waals surface area contributed by atoms with E-state index in [1.54, 1.807) is 27.0 Å². The molecule has 2 rings (SSSR count). The first kappa shape index (κ1) is 13.6. The van der Waals surface area contributed by atoms with Gasteiger partial charge in [-0.3, -0.25) is 9.59 Å². The average Bonchev–Trinajstić information content (AvgIpc) is 2.43. The molecule has 1 aromatic rings. The quantitative estimate of drug-likeness (QED) is 0.620. The molecule has 1 aliphatic rings. The topological polar surface area (TPSA) is 52.6 Å². The Bertz CT molecular complexity index is 521. The second kappa shape index (κ2) is 5.03. The fourth-order valence-electron chi connectivity index (χ4n) is 2.39. The van der Waals surface area contributed by atoms with Gasteiger partial charge in [0.1, 0.15) is 11.2 Å². The van der Waals surface area contributed by atoms with E-state index in [4.69, 9.17) is 9.47 Å². The number of carbonyl (C=O) groups is 2. The van der Waals surface area contributed by atoms with E-state index in [-0.39, 0.29) is 12.4 Å². The maximum atomic E-state index is 12.6. The highest BCUT2D eigenvalue weighted by atomic mass is 16.5. The van der Waals surface area contributed by atoms with Crippen molar-refractivity contribution in [3.63, 3.8) is 0 Å². The van der Waals surface area contributed by atoms with Crippen LogP contribution in [0, 0.1) is 5.41 Å².